The van der Waals surface area contributed by atoms with E-state index in [0.717, 1.165) is 17.7 Å². The van der Waals surface area contributed by atoms with Gasteiger partial charge in [0, 0.05) is 13.1 Å². The number of hydrogen-bond acceptors (Lipinski definition) is 2. The summed E-state index contributed by atoms with van der Waals surface area (Å²) in [5.41, 5.74) is 1.13. The third-order valence-corrected chi connectivity index (χ3v) is 4.27. The highest BCUT2D eigenvalue weighted by Crippen LogP contribution is 2.16. The van der Waals surface area contributed by atoms with Gasteiger partial charge < -0.3 is 10.2 Å². The zero-order valence-corrected chi connectivity index (χ0v) is 13.8. The summed E-state index contributed by atoms with van der Waals surface area (Å²) in [5.74, 6) is -2.98. The van der Waals surface area contributed by atoms with Crippen LogP contribution in [0.15, 0.2) is 42.5 Å². The Kier molecular flexibility index (Phi) is 5.25. The summed E-state index contributed by atoms with van der Waals surface area (Å²) in [5, 5.41) is 2.63. The first-order valence-corrected chi connectivity index (χ1v) is 8.19. The fourth-order valence-electron chi connectivity index (χ4n) is 2.92. The molecular formula is C19H17F3N2O2. The van der Waals surface area contributed by atoms with Crippen LogP contribution in [0.3, 0.4) is 0 Å². The van der Waals surface area contributed by atoms with Gasteiger partial charge in [-0.2, -0.15) is 0 Å². The number of halogens is 3. The highest BCUT2D eigenvalue weighted by Gasteiger charge is 2.32. The van der Waals surface area contributed by atoms with E-state index in [1.54, 1.807) is 17.0 Å². The second-order valence-corrected chi connectivity index (χ2v) is 6.22. The SMILES string of the molecule is O=C(Cc1ccc(F)c(F)c1)N[C@H]1CCN(Cc2ccc(F)cc2)C1=O. The van der Waals surface area contributed by atoms with Crippen molar-refractivity contribution >= 4 is 11.8 Å². The van der Waals surface area contributed by atoms with Crippen LogP contribution in [0.5, 0.6) is 0 Å². The molecule has 1 aliphatic rings. The van der Waals surface area contributed by atoms with Gasteiger partial charge in [-0.25, -0.2) is 13.2 Å². The number of hydrogen-bond donors (Lipinski definition) is 1. The van der Waals surface area contributed by atoms with Crippen LogP contribution < -0.4 is 5.32 Å². The lowest BCUT2D eigenvalue weighted by molar-refractivity contribution is -0.132. The topological polar surface area (TPSA) is 49.4 Å². The quantitative estimate of drug-likeness (QED) is 0.889. The zero-order valence-electron chi connectivity index (χ0n) is 13.8. The molecule has 1 aliphatic heterocycles. The third-order valence-electron chi connectivity index (χ3n) is 4.27. The summed E-state index contributed by atoms with van der Waals surface area (Å²) < 4.78 is 39.0. The average molecular weight is 362 g/mol. The van der Waals surface area contributed by atoms with E-state index in [4.69, 9.17) is 0 Å². The number of carbonyl (C=O) groups is 2. The molecule has 1 N–H and O–H groups in total. The van der Waals surface area contributed by atoms with Crippen molar-refractivity contribution in [1.29, 1.82) is 0 Å². The monoisotopic (exact) mass is 362 g/mol. The second kappa shape index (κ2) is 7.59. The molecule has 4 nitrogen and oxygen atoms in total. The van der Waals surface area contributed by atoms with E-state index in [2.05, 4.69) is 5.32 Å². The molecule has 0 unspecified atom stereocenters. The van der Waals surface area contributed by atoms with Crippen LogP contribution in [-0.2, 0) is 22.6 Å². The van der Waals surface area contributed by atoms with Gasteiger partial charge in [0.2, 0.25) is 11.8 Å². The molecule has 2 aromatic carbocycles. The lowest BCUT2D eigenvalue weighted by Gasteiger charge is -2.17. The Morgan fingerprint density at radius 2 is 1.73 bits per heavy atom. The van der Waals surface area contributed by atoms with Gasteiger partial charge in [0.15, 0.2) is 11.6 Å². The summed E-state index contributed by atoms with van der Waals surface area (Å²) in [6.45, 7) is 0.820. The Morgan fingerprint density at radius 3 is 2.42 bits per heavy atom. The van der Waals surface area contributed by atoms with Crippen molar-refractivity contribution in [1.82, 2.24) is 10.2 Å². The minimum absolute atomic E-state index is 0.140. The highest BCUT2D eigenvalue weighted by atomic mass is 19.2. The number of nitrogens with zero attached hydrogens (tertiary/aromatic N) is 1. The standard InChI is InChI=1S/C19H17F3N2O2/c20-14-4-1-12(2-5-14)11-24-8-7-17(19(24)26)23-18(25)10-13-3-6-15(21)16(22)9-13/h1-6,9,17H,7-8,10-11H2,(H,23,25)/t17-/m0/s1. The fraction of sp³-hybridized carbons (Fsp3) is 0.263. The van der Waals surface area contributed by atoms with E-state index in [1.165, 1.54) is 18.2 Å². The Bertz CT molecular complexity index is 824. The summed E-state index contributed by atoms with van der Waals surface area (Å²) in [6, 6.07) is 8.49. The van der Waals surface area contributed by atoms with E-state index in [-0.39, 0.29) is 18.1 Å². The molecule has 0 aliphatic carbocycles. The van der Waals surface area contributed by atoms with Gasteiger partial charge in [-0.3, -0.25) is 9.59 Å². The molecule has 3 rings (SSSR count). The van der Waals surface area contributed by atoms with Crippen LogP contribution in [0, 0.1) is 17.5 Å². The van der Waals surface area contributed by atoms with Crippen molar-refractivity contribution in [3.63, 3.8) is 0 Å². The molecule has 0 bridgehead atoms. The Labute approximate surface area is 148 Å². The summed E-state index contributed by atoms with van der Waals surface area (Å²) in [6.07, 6.45) is 0.322. The average Bonchev–Trinajstić information content (AvgIpc) is 2.93. The Morgan fingerprint density at radius 1 is 1.04 bits per heavy atom. The van der Waals surface area contributed by atoms with Crippen LogP contribution in [0.4, 0.5) is 13.2 Å². The lowest BCUT2D eigenvalue weighted by atomic mass is 10.1. The van der Waals surface area contributed by atoms with Gasteiger partial charge in [-0.1, -0.05) is 18.2 Å². The third kappa shape index (κ3) is 4.22. The van der Waals surface area contributed by atoms with Crippen molar-refractivity contribution in [2.75, 3.05) is 6.54 Å². The van der Waals surface area contributed by atoms with Crippen LogP contribution in [0.1, 0.15) is 17.5 Å². The molecule has 136 valence electrons. The molecule has 1 atom stereocenters. The summed E-state index contributed by atoms with van der Waals surface area (Å²) in [4.78, 5) is 26.1. The zero-order chi connectivity index (χ0) is 18.7. The molecule has 2 aromatic rings. The first-order valence-electron chi connectivity index (χ1n) is 8.19. The second-order valence-electron chi connectivity index (χ2n) is 6.22. The molecule has 26 heavy (non-hydrogen) atoms. The van der Waals surface area contributed by atoms with E-state index in [9.17, 15) is 22.8 Å². The van der Waals surface area contributed by atoms with Crippen LogP contribution in [0.2, 0.25) is 0 Å². The molecule has 1 heterocycles. The summed E-state index contributed by atoms with van der Waals surface area (Å²) in [7, 11) is 0. The Balaban J connectivity index is 1.55. The maximum absolute atomic E-state index is 13.2. The summed E-state index contributed by atoms with van der Waals surface area (Å²) >= 11 is 0. The van der Waals surface area contributed by atoms with Crippen LogP contribution in [-0.4, -0.2) is 29.3 Å². The maximum Gasteiger partial charge on any atom is 0.245 e. The lowest BCUT2D eigenvalue weighted by Crippen LogP contribution is -2.41. The number of benzene rings is 2. The Hall–Kier alpha value is -2.83. The number of rotatable bonds is 5. The van der Waals surface area contributed by atoms with E-state index >= 15 is 0 Å². The number of nitrogens with one attached hydrogen (secondary N) is 1. The minimum atomic E-state index is -1.02. The van der Waals surface area contributed by atoms with Crippen molar-refractivity contribution in [2.24, 2.45) is 0 Å². The molecule has 0 saturated carbocycles. The number of carbonyl (C=O) groups excluding carboxylic acids is 2. The molecule has 0 spiro atoms. The van der Waals surface area contributed by atoms with Gasteiger partial charge in [0.05, 0.1) is 6.42 Å². The van der Waals surface area contributed by atoms with Gasteiger partial charge in [0.1, 0.15) is 11.9 Å². The number of likely N-dealkylation sites (tertiary alicyclic amines) is 1. The largest absolute Gasteiger partial charge is 0.344 e. The van der Waals surface area contributed by atoms with E-state index in [0.29, 0.717) is 25.1 Å². The van der Waals surface area contributed by atoms with Gasteiger partial charge >= 0.3 is 0 Å². The molecule has 7 heteroatoms. The molecule has 1 saturated heterocycles. The molecule has 0 aromatic heterocycles. The first-order chi connectivity index (χ1) is 12.4. The predicted octanol–water partition coefficient (Wildman–Crippen LogP) is 2.56. The predicted molar refractivity (Wildman–Crippen MR) is 88.4 cm³/mol. The van der Waals surface area contributed by atoms with Gasteiger partial charge in [-0.05, 0) is 41.8 Å². The van der Waals surface area contributed by atoms with Crippen LogP contribution in [0.25, 0.3) is 0 Å². The van der Waals surface area contributed by atoms with Crippen LogP contribution >= 0.6 is 0 Å². The molecule has 0 radical (unpaired) electrons. The van der Waals surface area contributed by atoms with Crippen molar-refractivity contribution in [3.05, 3.63) is 71.0 Å². The van der Waals surface area contributed by atoms with E-state index < -0.39 is 23.6 Å². The van der Waals surface area contributed by atoms with E-state index in [1.807, 2.05) is 0 Å². The number of amides is 2. The van der Waals surface area contributed by atoms with Gasteiger partial charge in [0.25, 0.3) is 0 Å². The van der Waals surface area contributed by atoms with Crippen molar-refractivity contribution in [2.45, 2.75) is 25.4 Å². The normalized spacial score (nSPS) is 16.8. The molecule has 1 fully saturated rings. The minimum Gasteiger partial charge on any atom is -0.344 e. The first kappa shape index (κ1) is 18.0. The molecular weight excluding hydrogens is 345 g/mol. The van der Waals surface area contributed by atoms with Crippen molar-refractivity contribution in [3.8, 4) is 0 Å². The smallest absolute Gasteiger partial charge is 0.245 e. The fourth-order valence-corrected chi connectivity index (χ4v) is 2.92. The van der Waals surface area contributed by atoms with Crippen molar-refractivity contribution < 1.29 is 22.8 Å². The molecule has 2 amide bonds. The highest BCUT2D eigenvalue weighted by molar-refractivity contribution is 5.89. The van der Waals surface area contributed by atoms with Gasteiger partial charge in [-0.15, -0.1) is 0 Å². The maximum atomic E-state index is 13.2.